The molecule has 1 aliphatic rings. The van der Waals surface area contributed by atoms with E-state index in [0.29, 0.717) is 12.6 Å². The van der Waals surface area contributed by atoms with E-state index in [0.717, 1.165) is 36.6 Å². The van der Waals surface area contributed by atoms with E-state index in [2.05, 4.69) is 15.2 Å². The first kappa shape index (κ1) is 16.8. The molecule has 0 spiro atoms. The second kappa shape index (κ2) is 6.96. The second-order valence-electron chi connectivity index (χ2n) is 6.29. The van der Waals surface area contributed by atoms with Crippen molar-refractivity contribution in [2.75, 3.05) is 18.0 Å². The first-order valence-electron chi connectivity index (χ1n) is 8.47. The Kier molecular flexibility index (Phi) is 4.51. The van der Waals surface area contributed by atoms with Crippen LogP contribution in [-0.4, -0.2) is 30.0 Å². The number of aromatic nitrogens is 1. The molecule has 1 atom stereocenters. The average molecular weight is 374 g/mol. The molecule has 1 saturated heterocycles. The molecule has 1 aromatic heterocycles. The van der Waals surface area contributed by atoms with E-state index < -0.39 is 5.82 Å². The topological polar surface area (TPSA) is 58.4 Å². The number of halogens is 2. The van der Waals surface area contributed by atoms with E-state index in [9.17, 15) is 9.18 Å². The van der Waals surface area contributed by atoms with E-state index in [1.54, 1.807) is 0 Å². The smallest absolute Gasteiger partial charge is 0.298 e. The predicted octanol–water partition coefficient (Wildman–Crippen LogP) is 4.02. The summed E-state index contributed by atoms with van der Waals surface area (Å²) >= 11 is 5.95. The molecule has 2 heterocycles. The van der Waals surface area contributed by atoms with Gasteiger partial charge in [0, 0.05) is 13.1 Å². The number of hydrogen-bond acceptors (Lipinski definition) is 4. The van der Waals surface area contributed by atoms with Gasteiger partial charge in [-0.1, -0.05) is 23.7 Å². The standard InChI is InChI=1S/C19H17ClFN3O2/c20-15-10-12(21)7-8-14(15)18(25)22-11-13-4-3-9-24(13)19-23-16-5-1-2-6-17(16)26-19/h1-2,5-8,10,13H,3-4,9,11H2,(H,22,25)/t13-/m0/s1. The van der Waals surface area contributed by atoms with E-state index in [1.807, 2.05) is 24.3 Å². The van der Waals surface area contributed by atoms with Crippen molar-refractivity contribution < 1.29 is 13.6 Å². The Morgan fingerprint density at radius 2 is 2.19 bits per heavy atom. The lowest BCUT2D eigenvalue weighted by atomic mass is 10.2. The van der Waals surface area contributed by atoms with Crippen LogP contribution >= 0.6 is 11.6 Å². The van der Waals surface area contributed by atoms with Crippen LogP contribution in [0.25, 0.3) is 11.1 Å². The summed E-state index contributed by atoms with van der Waals surface area (Å²) < 4.78 is 19.0. The lowest BCUT2D eigenvalue weighted by Gasteiger charge is -2.23. The minimum atomic E-state index is -0.468. The Bertz CT molecular complexity index is 926. The molecule has 0 bridgehead atoms. The summed E-state index contributed by atoms with van der Waals surface area (Å²) in [6, 6.07) is 12.0. The fourth-order valence-electron chi connectivity index (χ4n) is 3.26. The van der Waals surface area contributed by atoms with Crippen molar-refractivity contribution in [2.45, 2.75) is 18.9 Å². The van der Waals surface area contributed by atoms with E-state index >= 15 is 0 Å². The van der Waals surface area contributed by atoms with E-state index in [1.165, 1.54) is 12.1 Å². The van der Waals surface area contributed by atoms with Crippen LogP contribution in [-0.2, 0) is 0 Å². The van der Waals surface area contributed by atoms with Gasteiger partial charge in [0.05, 0.1) is 16.6 Å². The van der Waals surface area contributed by atoms with Crippen LogP contribution in [0.3, 0.4) is 0 Å². The molecule has 1 N–H and O–H groups in total. The molecule has 1 fully saturated rings. The van der Waals surface area contributed by atoms with Gasteiger partial charge in [-0.3, -0.25) is 4.79 Å². The van der Waals surface area contributed by atoms with Crippen molar-refractivity contribution in [3.8, 4) is 0 Å². The molecular weight excluding hydrogens is 357 g/mol. The van der Waals surface area contributed by atoms with Gasteiger partial charge in [-0.25, -0.2) is 4.39 Å². The van der Waals surface area contributed by atoms with Gasteiger partial charge in [0.2, 0.25) is 0 Å². The number of oxazole rings is 1. The van der Waals surface area contributed by atoms with Crippen molar-refractivity contribution in [2.24, 2.45) is 0 Å². The van der Waals surface area contributed by atoms with Crippen molar-refractivity contribution >= 4 is 34.6 Å². The van der Waals surface area contributed by atoms with Crippen LogP contribution in [0, 0.1) is 5.82 Å². The van der Waals surface area contributed by atoms with Crippen LogP contribution in [0.2, 0.25) is 5.02 Å². The van der Waals surface area contributed by atoms with Crippen LogP contribution in [0.4, 0.5) is 10.4 Å². The highest BCUT2D eigenvalue weighted by Crippen LogP contribution is 2.28. The lowest BCUT2D eigenvalue weighted by Crippen LogP contribution is -2.40. The van der Waals surface area contributed by atoms with Gasteiger partial charge in [-0.05, 0) is 43.2 Å². The highest BCUT2D eigenvalue weighted by Gasteiger charge is 2.29. The number of amides is 1. The summed E-state index contributed by atoms with van der Waals surface area (Å²) in [5.41, 5.74) is 1.82. The van der Waals surface area contributed by atoms with Crippen LogP contribution in [0.1, 0.15) is 23.2 Å². The minimum Gasteiger partial charge on any atom is -0.423 e. The molecule has 1 amide bonds. The monoisotopic (exact) mass is 373 g/mol. The number of nitrogens with one attached hydrogen (secondary N) is 1. The Labute approximate surface area is 154 Å². The molecule has 2 aromatic carbocycles. The Hall–Kier alpha value is -2.60. The molecule has 4 rings (SSSR count). The fraction of sp³-hybridized carbons (Fsp3) is 0.263. The first-order valence-corrected chi connectivity index (χ1v) is 8.85. The number of rotatable bonds is 4. The number of carbonyl (C=O) groups is 1. The van der Waals surface area contributed by atoms with Crippen molar-refractivity contribution in [3.05, 3.63) is 58.9 Å². The van der Waals surface area contributed by atoms with E-state index in [-0.39, 0.29) is 22.5 Å². The molecular formula is C19H17ClFN3O2. The summed E-state index contributed by atoms with van der Waals surface area (Å²) in [7, 11) is 0. The first-order chi connectivity index (χ1) is 12.6. The number of para-hydroxylation sites is 2. The SMILES string of the molecule is O=C(NC[C@@H]1CCCN1c1nc2ccccc2o1)c1ccc(F)cc1Cl. The third kappa shape index (κ3) is 3.24. The molecule has 1 aliphatic heterocycles. The van der Waals surface area contributed by atoms with Gasteiger partial charge >= 0.3 is 0 Å². The van der Waals surface area contributed by atoms with Crippen LogP contribution < -0.4 is 10.2 Å². The largest absolute Gasteiger partial charge is 0.423 e. The molecule has 134 valence electrons. The number of anilines is 1. The summed E-state index contributed by atoms with van der Waals surface area (Å²) in [5.74, 6) is -0.788. The van der Waals surface area contributed by atoms with Gasteiger partial charge in [0.1, 0.15) is 11.3 Å². The summed E-state index contributed by atoms with van der Waals surface area (Å²) in [6.07, 6.45) is 1.92. The minimum absolute atomic E-state index is 0.0891. The highest BCUT2D eigenvalue weighted by atomic mass is 35.5. The van der Waals surface area contributed by atoms with Crippen molar-refractivity contribution in [1.29, 1.82) is 0 Å². The number of fused-ring (bicyclic) bond motifs is 1. The Morgan fingerprint density at radius 3 is 3.00 bits per heavy atom. The lowest BCUT2D eigenvalue weighted by molar-refractivity contribution is 0.0951. The molecule has 7 heteroatoms. The average Bonchev–Trinajstić information content (AvgIpc) is 3.25. The maximum Gasteiger partial charge on any atom is 0.298 e. The normalized spacial score (nSPS) is 17.0. The summed E-state index contributed by atoms with van der Waals surface area (Å²) in [4.78, 5) is 19.0. The van der Waals surface area contributed by atoms with Crippen LogP contribution in [0.15, 0.2) is 46.9 Å². The third-order valence-corrected chi connectivity index (χ3v) is 4.89. The maximum atomic E-state index is 13.1. The summed E-state index contributed by atoms with van der Waals surface area (Å²) in [5, 5.41) is 2.98. The predicted molar refractivity (Wildman–Crippen MR) is 98.1 cm³/mol. The zero-order chi connectivity index (χ0) is 18.1. The molecule has 0 saturated carbocycles. The molecule has 0 unspecified atom stereocenters. The fourth-order valence-corrected chi connectivity index (χ4v) is 3.52. The second-order valence-corrected chi connectivity index (χ2v) is 6.70. The number of carbonyl (C=O) groups excluding carboxylic acids is 1. The van der Waals surface area contributed by atoms with Gasteiger partial charge in [0.25, 0.3) is 11.9 Å². The van der Waals surface area contributed by atoms with Gasteiger partial charge in [-0.15, -0.1) is 0 Å². The summed E-state index contributed by atoms with van der Waals surface area (Å²) in [6.45, 7) is 1.26. The maximum absolute atomic E-state index is 13.1. The van der Waals surface area contributed by atoms with Crippen molar-refractivity contribution in [1.82, 2.24) is 10.3 Å². The quantitative estimate of drug-likeness (QED) is 0.750. The molecule has 0 radical (unpaired) electrons. The zero-order valence-corrected chi connectivity index (χ0v) is 14.7. The Balaban J connectivity index is 1.46. The van der Waals surface area contributed by atoms with Crippen LogP contribution in [0.5, 0.6) is 0 Å². The zero-order valence-electron chi connectivity index (χ0n) is 13.9. The number of benzene rings is 2. The molecule has 3 aromatic rings. The number of nitrogens with zero attached hydrogens (tertiary/aromatic N) is 2. The van der Waals surface area contributed by atoms with E-state index in [4.69, 9.17) is 16.0 Å². The molecule has 5 nitrogen and oxygen atoms in total. The Morgan fingerprint density at radius 1 is 1.35 bits per heavy atom. The van der Waals surface area contributed by atoms with Gasteiger partial charge < -0.3 is 14.6 Å². The van der Waals surface area contributed by atoms with Gasteiger partial charge in [-0.2, -0.15) is 4.98 Å². The third-order valence-electron chi connectivity index (χ3n) is 4.58. The van der Waals surface area contributed by atoms with Crippen molar-refractivity contribution in [3.63, 3.8) is 0 Å². The van der Waals surface area contributed by atoms with Gasteiger partial charge in [0.15, 0.2) is 5.58 Å². The molecule has 26 heavy (non-hydrogen) atoms. The number of hydrogen-bond donors (Lipinski definition) is 1. The molecule has 0 aliphatic carbocycles. The highest BCUT2D eigenvalue weighted by molar-refractivity contribution is 6.33.